The Bertz CT molecular complexity index is 1140. The molecule has 1 heterocycles. The smallest absolute Gasteiger partial charge is 0.271 e. The number of non-ortho nitro benzene ring substituents is 1. The Morgan fingerprint density at radius 3 is 2.67 bits per heavy atom. The molecule has 0 atom stereocenters. The molecule has 0 aliphatic carbocycles. The summed E-state index contributed by atoms with van der Waals surface area (Å²) in [7, 11) is 0. The van der Waals surface area contributed by atoms with Crippen LogP contribution >= 0.6 is 27.5 Å². The fraction of sp³-hybridized carbons (Fsp3) is 0.111. The maximum atomic E-state index is 12.8. The lowest BCUT2D eigenvalue weighted by Crippen LogP contribution is -2.19. The SMILES string of the molecule is CC(=O)c1c(NCc2ccccc2Br)[nH]c2c(Cl)cc([N+](=O)[O-])cc2c1=O. The fourth-order valence-corrected chi connectivity index (χ4v) is 3.42. The first kappa shape index (κ1) is 19.1. The Morgan fingerprint density at radius 1 is 1.33 bits per heavy atom. The van der Waals surface area contributed by atoms with E-state index in [-0.39, 0.29) is 33.0 Å². The summed E-state index contributed by atoms with van der Waals surface area (Å²) < 4.78 is 0.874. The highest BCUT2D eigenvalue weighted by atomic mass is 79.9. The number of nitrogens with zero attached hydrogens (tertiary/aromatic N) is 1. The highest BCUT2D eigenvalue weighted by Gasteiger charge is 2.20. The number of hydrogen-bond donors (Lipinski definition) is 2. The maximum Gasteiger partial charge on any atom is 0.271 e. The number of halogens is 2. The summed E-state index contributed by atoms with van der Waals surface area (Å²) in [4.78, 5) is 38.2. The van der Waals surface area contributed by atoms with Crippen molar-refractivity contribution in [2.45, 2.75) is 13.5 Å². The van der Waals surface area contributed by atoms with Crippen LogP contribution in [0.15, 0.2) is 45.7 Å². The zero-order valence-electron chi connectivity index (χ0n) is 14.0. The number of nitro groups is 1. The van der Waals surface area contributed by atoms with Crippen molar-refractivity contribution >= 4 is 55.7 Å². The summed E-state index contributed by atoms with van der Waals surface area (Å²) in [6.07, 6.45) is 0. The number of hydrogen-bond acceptors (Lipinski definition) is 5. The van der Waals surface area contributed by atoms with Gasteiger partial charge in [-0.15, -0.1) is 0 Å². The zero-order valence-corrected chi connectivity index (χ0v) is 16.3. The molecule has 138 valence electrons. The number of aromatic nitrogens is 1. The van der Waals surface area contributed by atoms with Gasteiger partial charge in [-0.05, 0) is 18.6 Å². The molecule has 0 radical (unpaired) electrons. The molecule has 2 N–H and O–H groups in total. The summed E-state index contributed by atoms with van der Waals surface area (Å²) >= 11 is 9.57. The molecule has 0 saturated heterocycles. The van der Waals surface area contributed by atoms with E-state index in [1.807, 2.05) is 24.3 Å². The monoisotopic (exact) mass is 449 g/mol. The van der Waals surface area contributed by atoms with Gasteiger partial charge < -0.3 is 10.3 Å². The number of benzene rings is 2. The molecule has 0 aliphatic heterocycles. The third-order valence-electron chi connectivity index (χ3n) is 4.02. The summed E-state index contributed by atoms with van der Waals surface area (Å²) in [6.45, 7) is 1.60. The van der Waals surface area contributed by atoms with Gasteiger partial charge >= 0.3 is 0 Å². The number of H-pyrrole nitrogens is 1. The van der Waals surface area contributed by atoms with Crippen molar-refractivity contribution in [3.63, 3.8) is 0 Å². The van der Waals surface area contributed by atoms with Gasteiger partial charge in [0.2, 0.25) is 5.43 Å². The first-order valence-corrected chi connectivity index (χ1v) is 8.99. The molecule has 7 nitrogen and oxygen atoms in total. The number of carbonyl (C=O) groups is 1. The van der Waals surface area contributed by atoms with Crippen LogP contribution in [0.4, 0.5) is 11.5 Å². The van der Waals surface area contributed by atoms with Gasteiger partial charge in [-0.3, -0.25) is 19.7 Å². The molecule has 3 aromatic rings. The third-order valence-corrected chi connectivity index (χ3v) is 5.09. The van der Waals surface area contributed by atoms with Gasteiger partial charge in [0, 0.05) is 23.2 Å². The first-order chi connectivity index (χ1) is 12.8. The van der Waals surface area contributed by atoms with Crippen LogP contribution in [0.3, 0.4) is 0 Å². The van der Waals surface area contributed by atoms with E-state index in [1.165, 1.54) is 6.92 Å². The van der Waals surface area contributed by atoms with E-state index >= 15 is 0 Å². The van der Waals surface area contributed by atoms with E-state index < -0.39 is 16.1 Å². The van der Waals surface area contributed by atoms with Gasteiger partial charge in [0.05, 0.1) is 20.8 Å². The Kier molecular flexibility index (Phi) is 5.29. The van der Waals surface area contributed by atoms with Crippen LogP contribution in [0.5, 0.6) is 0 Å². The Hall–Kier alpha value is -2.71. The van der Waals surface area contributed by atoms with Crippen molar-refractivity contribution < 1.29 is 9.72 Å². The standard InChI is InChI=1S/C18H13BrClN3O4/c1-9(24)15-17(25)12-6-11(23(26)27)7-14(20)16(12)22-18(15)21-8-10-4-2-3-5-13(10)19/h2-7H,8H2,1H3,(H2,21,22,25). The topological polar surface area (TPSA) is 105 Å². The summed E-state index contributed by atoms with van der Waals surface area (Å²) in [5.41, 5.74) is 0.110. The van der Waals surface area contributed by atoms with Gasteiger partial charge in [0.15, 0.2) is 5.78 Å². The molecular weight excluding hydrogens is 438 g/mol. The van der Waals surface area contributed by atoms with E-state index in [0.717, 1.165) is 22.2 Å². The number of Topliss-reactive ketones (excluding diaryl/α,β-unsaturated/α-hetero) is 1. The second-order valence-electron chi connectivity index (χ2n) is 5.81. The average Bonchev–Trinajstić information content (AvgIpc) is 2.61. The van der Waals surface area contributed by atoms with E-state index in [9.17, 15) is 19.7 Å². The predicted molar refractivity (Wildman–Crippen MR) is 108 cm³/mol. The number of rotatable bonds is 5. The van der Waals surface area contributed by atoms with Crippen LogP contribution in [0, 0.1) is 10.1 Å². The minimum atomic E-state index is -0.642. The highest BCUT2D eigenvalue weighted by molar-refractivity contribution is 9.10. The number of nitrogens with one attached hydrogen (secondary N) is 2. The summed E-state index contributed by atoms with van der Waals surface area (Å²) in [5, 5.41) is 14.1. The third kappa shape index (κ3) is 3.72. The molecule has 27 heavy (non-hydrogen) atoms. The molecule has 0 fully saturated rings. The van der Waals surface area contributed by atoms with E-state index in [0.29, 0.717) is 6.54 Å². The second kappa shape index (κ2) is 7.50. The van der Waals surface area contributed by atoms with Crippen molar-refractivity contribution in [2.75, 3.05) is 5.32 Å². The molecule has 0 unspecified atom stereocenters. The van der Waals surface area contributed by atoms with Crippen molar-refractivity contribution in [3.8, 4) is 0 Å². The van der Waals surface area contributed by atoms with Crippen molar-refractivity contribution in [2.24, 2.45) is 0 Å². The predicted octanol–water partition coefficient (Wildman–Crippen LogP) is 4.67. The highest BCUT2D eigenvalue weighted by Crippen LogP contribution is 2.28. The molecule has 0 aliphatic rings. The van der Waals surface area contributed by atoms with Crippen LogP contribution in [-0.2, 0) is 6.54 Å². The normalized spacial score (nSPS) is 10.8. The van der Waals surface area contributed by atoms with Crippen molar-refractivity contribution in [1.29, 1.82) is 0 Å². The van der Waals surface area contributed by atoms with Gasteiger partial charge in [-0.25, -0.2) is 0 Å². The molecule has 0 saturated carbocycles. The summed E-state index contributed by atoms with van der Waals surface area (Å²) in [5.74, 6) is -0.248. The molecule has 9 heteroatoms. The van der Waals surface area contributed by atoms with E-state index in [1.54, 1.807) is 0 Å². The molecule has 3 rings (SSSR count). The van der Waals surface area contributed by atoms with Crippen LogP contribution in [0.1, 0.15) is 22.8 Å². The summed E-state index contributed by atoms with van der Waals surface area (Å²) in [6, 6.07) is 9.78. The number of nitro benzene ring substituents is 1. The lowest BCUT2D eigenvalue weighted by molar-refractivity contribution is -0.384. The molecule has 2 aromatic carbocycles. The number of carbonyl (C=O) groups excluding carboxylic acids is 1. The molecular formula is C18H13BrClN3O4. The minimum Gasteiger partial charge on any atom is -0.367 e. The van der Waals surface area contributed by atoms with Crippen molar-refractivity contribution in [1.82, 2.24) is 4.98 Å². The van der Waals surface area contributed by atoms with E-state index in [4.69, 9.17) is 11.6 Å². The Morgan fingerprint density at radius 2 is 2.04 bits per heavy atom. The Balaban J connectivity index is 2.16. The number of anilines is 1. The largest absolute Gasteiger partial charge is 0.367 e. The van der Waals surface area contributed by atoms with Crippen LogP contribution in [0.25, 0.3) is 10.9 Å². The van der Waals surface area contributed by atoms with Crippen LogP contribution in [0.2, 0.25) is 5.02 Å². The molecule has 0 spiro atoms. The first-order valence-electron chi connectivity index (χ1n) is 7.81. The van der Waals surface area contributed by atoms with Crippen LogP contribution in [-0.4, -0.2) is 15.7 Å². The Labute approximate surface area is 166 Å². The van der Waals surface area contributed by atoms with Gasteiger partial charge in [0.1, 0.15) is 11.4 Å². The molecule has 0 amide bonds. The van der Waals surface area contributed by atoms with Gasteiger partial charge in [0.25, 0.3) is 5.69 Å². The fourth-order valence-electron chi connectivity index (χ4n) is 2.73. The number of pyridine rings is 1. The minimum absolute atomic E-state index is 0.00848. The zero-order chi connectivity index (χ0) is 19.7. The second-order valence-corrected chi connectivity index (χ2v) is 7.07. The van der Waals surface area contributed by atoms with Gasteiger partial charge in [-0.1, -0.05) is 45.7 Å². The lowest BCUT2D eigenvalue weighted by Gasteiger charge is -2.13. The average molecular weight is 451 g/mol. The maximum absolute atomic E-state index is 12.8. The van der Waals surface area contributed by atoms with Gasteiger partial charge in [-0.2, -0.15) is 0 Å². The number of ketones is 1. The number of aromatic amines is 1. The van der Waals surface area contributed by atoms with Crippen LogP contribution < -0.4 is 10.7 Å². The van der Waals surface area contributed by atoms with E-state index in [2.05, 4.69) is 26.2 Å². The number of fused-ring (bicyclic) bond motifs is 1. The lowest BCUT2D eigenvalue weighted by atomic mass is 10.1. The molecule has 1 aromatic heterocycles. The van der Waals surface area contributed by atoms with Crippen molar-refractivity contribution in [3.05, 3.63) is 77.4 Å². The molecule has 0 bridgehead atoms. The quantitative estimate of drug-likeness (QED) is 0.334.